The molecule has 0 aliphatic heterocycles. The van der Waals surface area contributed by atoms with Gasteiger partial charge in [-0.05, 0) is 0 Å². The molecule has 0 N–H and O–H groups in total. The van der Waals surface area contributed by atoms with E-state index in [2.05, 4.69) is 16.1 Å². The van der Waals surface area contributed by atoms with Crippen molar-refractivity contribution in [3.8, 4) is 0 Å². The Morgan fingerprint density at radius 3 is 2.12 bits per heavy atom. The van der Waals surface area contributed by atoms with E-state index in [1.54, 1.807) is 6.92 Å². The minimum atomic E-state index is -0.954. The molecule has 0 rings (SSSR count). The highest BCUT2D eigenvalue weighted by Crippen LogP contribution is 2.18. The number of carbonyl (C=O) groups is 3. The van der Waals surface area contributed by atoms with Gasteiger partial charge in [-0.3, -0.25) is 9.59 Å². The molecule has 1 unspecified atom stereocenters. The largest absolute Gasteiger partial charge is 0.469 e. The van der Waals surface area contributed by atoms with Crippen LogP contribution in [0.2, 0.25) is 0 Å². The summed E-state index contributed by atoms with van der Waals surface area (Å²) in [4.78, 5) is 33.8. The molecule has 90 valence electrons. The van der Waals surface area contributed by atoms with E-state index >= 15 is 0 Å². The van der Waals surface area contributed by atoms with Crippen LogP contribution < -0.4 is 0 Å². The maximum atomic E-state index is 11.4. The van der Waals surface area contributed by atoms with Crippen molar-refractivity contribution in [2.24, 2.45) is 5.92 Å². The third-order valence-electron chi connectivity index (χ3n) is 2.18. The van der Waals surface area contributed by atoms with Gasteiger partial charge in [0.15, 0.2) is 0 Å². The van der Waals surface area contributed by atoms with E-state index in [1.807, 2.05) is 0 Å². The van der Waals surface area contributed by atoms with Crippen molar-refractivity contribution >= 4 is 17.7 Å². The first-order valence-electron chi connectivity index (χ1n) is 4.84. The highest BCUT2D eigenvalue weighted by Gasteiger charge is 2.29. The van der Waals surface area contributed by atoms with Crippen molar-refractivity contribution in [2.75, 3.05) is 14.2 Å². The zero-order valence-corrected chi connectivity index (χ0v) is 9.74. The highest BCUT2D eigenvalue weighted by atomic mass is 16.5. The van der Waals surface area contributed by atoms with Crippen LogP contribution in [0.1, 0.15) is 19.8 Å². The molecule has 0 bridgehead atoms. The molecule has 0 fully saturated rings. The van der Waals surface area contributed by atoms with Crippen LogP contribution in [0.15, 0.2) is 12.2 Å². The second-order valence-corrected chi connectivity index (χ2v) is 3.19. The summed E-state index contributed by atoms with van der Waals surface area (Å²) in [6, 6.07) is 0. The van der Waals surface area contributed by atoms with Gasteiger partial charge in [-0.15, -0.1) is 0 Å². The average Bonchev–Trinajstić information content (AvgIpc) is 2.32. The minimum Gasteiger partial charge on any atom is -0.469 e. The lowest BCUT2D eigenvalue weighted by atomic mass is 9.94. The molecule has 0 radical (unpaired) electrons. The second-order valence-electron chi connectivity index (χ2n) is 3.19. The van der Waals surface area contributed by atoms with Crippen LogP contribution in [0, 0.1) is 5.92 Å². The fourth-order valence-electron chi connectivity index (χ4n) is 1.14. The summed E-state index contributed by atoms with van der Waals surface area (Å²) in [5.74, 6) is -2.46. The number of methoxy groups -OCH3 is 2. The topological polar surface area (TPSA) is 69.7 Å². The van der Waals surface area contributed by atoms with E-state index in [-0.39, 0.29) is 17.8 Å². The fraction of sp³-hybridized carbons (Fsp3) is 0.545. The Balaban J connectivity index is 4.80. The van der Waals surface area contributed by atoms with Crippen LogP contribution in [0.3, 0.4) is 0 Å². The van der Waals surface area contributed by atoms with Gasteiger partial charge >= 0.3 is 11.9 Å². The molecule has 0 aliphatic rings. The maximum absolute atomic E-state index is 11.4. The van der Waals surface area contributed by atoms with E-state index in [4.69, 9.17) is 0 Å². The summed E-state index contributed by atoms with van der Waals surface area (Å²) in [6.07, 6.45) is 0.207. The zero-order chi connectivity index (χ0) is 12.7. The number of hydrogen-bond acceptors (Lipinski definition) is 5. The Bertz CT molecular complexity index is 305. The molecule has 0 aliphatic carbocycles. The van der Waals surface area contributed by atoms with Gasteiger partial charge in [0.25, 0.3) is 0 Å². The Morgan fingerprint density at radius 1 is 1.19 bits per heavy atom. The first kappa shape index (κ1) is 14.3. The SMILES string of the molecule is C=C(C(=O)OC)C(CC(=O)CC)C(=O)OC. The normalized spacial score (nSPS) is 11.4. The number of Topliss-reactive ketones (excluding diaryl/α,β-unsaturated/α-hetero) is 1. The van der Waals surface area contributed by atoms with E-state index in [0.29, 0.717) is 6.42 Å². The lowest BCUT2D eigenvalue weighted by molar-refractivity contribution is -0.148. The lowest BCUT2D eigenvalue weighted by Crippen LogP contribution is -2.25. The Labute approximate surface area is 94.4 Å². The molecular weight excluding hydrogens is 212 g/mol. The summed E-state index contributed by atoms with van der Waals surface area (Å²) in [5.41, 5.74) is -0.0591. The second kappa shape index (κ2) is 6.76. The number of rotatable bonds is 6. The monoisotopic (exact) mass is 228 g/mol. The summed E-state index contributed by atoms with van der Waals surface area (Å²) >= 11 is 0. The standard InChI is InChI=1S/C11H16O5/c1-5-8(12)6-9(11(14)16-4)7(2)10(13)15-3/h9H,2,5-6H2,1,3-4H3. The predicted molar refractivity (Wildman–Crippen MR) is 56.6 cm³/mol. The van der Waals surface area contributed by atoms with Crippen molar-refractivity contribution in [3.63, 3.8) is 0 Å². The van der Waals surface area contributed by atoms with E-state index in [1.165, 1.54) is 14.2 Å². The van der Waals surface area contributed by atoms with Crippen molar-refractivity contribution in [1.29, 1.82) is 0 Å². The number of ether oxygens (including phenoxy) is 2. The van der Waals surface area contributed by atoms with Gasteiger partial charge < -0.3 is 9.47 Å². The van der Waals surface area contributed by atoms with Gasteiger partial charge in [0.05, 0.1) is 20.1 Å². The fourth-order valence-corrected chi connectivity index (χ4v) is 1.14. The zero-order valence-electron chi connectivity index (χ0n) is 9.74. The molecule has 5 heteroatoms. The third kappa shape index (κ3) is 3.84. The molecule has 0 heterocycles. The predicted octanol–water partition coefficient (Wildman–Crippen LogP) is 0.874. The van der Waals surface area contributed by atoms with E-state index in [9.17, 15) is 14.4 Å². The van der Waals surface area contributed by atoms with Crippen molar-refractivity contribution in [2.45, 2.75) is 19.8 Å². The molecule has 0 aromatic carbocycles. The minimum absolute atomic E-state index is 0.0591. The maximum Gasteiger partial charge on any atom is 0.334 e. The molecule has 0 aromatic rings. The van der Waals surface area contributed by atoms with Crippen LogP contribution in [0.5, 0.6) is 0 Å². The quantitative estimate of drug-likeness (QED) is 0.498. The third-order valence-corrected chi connectivity index (χ3v) is 2.18. The Hall–Kier alpha value is -1.65. The van der Waals surface area contributed by atoms with Gasteiger partial charge in [-0.2, -0.15) is 0 Å². The van der Waals surface area contributed by atoms with Gasteiger partial charge in [-0.25, -0.2) is 4.79 Å². The number of hydrogen-bond donors (Lipinski definition) is 0. The smallest absolute Gasteiger partial charge is 0.334 e. The summed E-state index contributed by atoms with van der Waals surface area (Å²) < 4.78 is 8.96. The summed E-state index contributed by atoms with van der Waals surface area (Å²) in [5, 5.41) is 0. The molecule has 0 saturated heterocycles. The molecule has 0 amide bonds. The molecule has 0 aromatic heterocycles. The van der Waals surface area contributed by atoms with Gasteiger partial charge in [-0.1, -0.05) is 13.5 Å². The Kier molecular flexibility index (Phi) is 6.07. The summed E-state index contributed by atoms with van der Waals surface area (Å²) in [6.45, 7) is 5.13. The molecule has 1 atom stereocenters. The first-order chi connectivity index (χ1) is 7.47. The molecule has 16 heavy (non-hydrogen) atoms. The molecule has 0 saturated carbocycles. The number of ketones is 1. The Morgan fingerprint density at radius 2 is 1.75 bits per heavy atom. The average molecular weight is 228 g/mol. The lowest BCUT2D eigenvalue weighted by Gasteiger charge is -2.14. The highest BCUT2D eigenvalue weighted by molar-refractivity contribution is 5.97. The number of carbonyl (C=O) groups excluding carboxylic acids is 3. The van der Waals surface area contributed by atoms with Crippen molar-refractivity contribution in [1.82, 2.24) is 0 Å². The van der Waals surface area contributed by atoms with Crippen molar-refractivity contribution in [3.05, 3.63) is 12.2 Å². The van der Waals surface area contributed by atoms with Gasteiger partial charge in [0.1, 0.15) is 5.78 Å². The van der Waals surface area contributed by atoms with Crippen LogP contribution in [-0.2, 0) is 23.9 Å². The van der Waals surface area contributed by atoms with Crippen LogP contribution in [0.4, 0.5) is 0 Å². The van der Waals surface area contributed by atoms with Crippen LogP contribution in [0.25, 0.3) is 0 Å². The number of esters is 2. The van der Waals surface area contributed by atoms with Crippen molar-refractivity contribution < 1.29 is 23.9 Å². The molecular formula is C11H16O5. The molecule has 5 nitrogen and oxygen atoms in total. The summed E-state index contributed by atoms with van der Waals surface area (Å²) in [7, 11) is 2.37. The first-order valence-corrected chi connectivity index (χ1v) is 4.84. The van der Waals surface area contributed by atoms with Gasteiger partial charge in [0.2, 0.25) is 0 Å². The van der Waals surface area contributed by atoms with Crippen LogP contribution in [-0.4, -0.2) is 31.9 Å². The van der Waals surface area contributed by atoms with E-state index in [0.717, 1.165) is 0 Å². The van der Waals surface area contributed by atoms with Gasteiger partial charge in [0, 0.05) is 18.4 Å². The van der Waals surface area contributed by atoms with Crippen LogP contribution >= 0.6 is 0 Å². The van der Waals surface area contributed by atoms with E-state index < -0.39 is 17.9 Å². The molecule has 0 spiro atoms.